The highest BCUT2D eigenvalue weighted by Crippen LogP contribution is 2.38. The number of halogens is 2. The van der Waals surface area contributed by atoms with Crippen molar-refractivity contribution >= 4 is 17.4 Å². The minimum Gasteiger partial charge on any atom is -0.383 e. The van der Waals surface area contributed by atoms with Gasteiger partial charge in [-0.05, 0) is 24.3 Å². The molecule has 3 rings (SSSR count). The zero-order valence-corrected chi connectivity index (χ0v) is 11.8. The summed E-state index contributed by atoms with van der Waals surface area (Å²) in [7, 11) is 1.71. The molecule has 3 aromatic rings. The molecule has 0 spiro atoms. The van der Waals surface area contributed by atoms with Gasteiger partial charge in [-0.3, -0.25) is 4.68 Å². The summed E-state index contributed by atoms with van der Waals surface area (Å²) in [6.07, 6.45) is 3.23. The van der Waals surface area contributed by atoms with E-state index in [0.29, 0.717) is 28.5 Å². The first-order valence-electron chi connectivity index (χ1n) is 6.13. The van der Waals surface area contributed by atoms with Crippen LogP contribution in [0.15, 0.2) is 36.7 Å². The van der Waals surface area contributed by atoms with E-state index in [1.165, 1.54) is 16.8 Å². The average Bonchev–Trinajstić information content (AvgIpc) is 2.76. The molecule has 0 radical (unpaired) electrons. The molecule has 2 N–H and O–H groups in total. The number of nitrogen functional groups attached to an aromatic ring is 1. The third-order valence-corrected chi connectivity index (χ3v) is 3.38. The van der Waals surface area contributed by atoms with Gasteiger partial charge in [0.15, 0.2) is 5.82 Å². The molecule has 0 bridgehead atoms. The van der Waals surface area contributed by atoms with E-state index in [9.17, 15) is 4.39 Å². The molecular weight excluding hydrogens is 293 g/mol. The number of aromatic nitrogens is 4. The zero-order valence-electron chi connectivity index (χ0n) is 11.1. The van der Waals surface area contributed by atoms with E-state index in [4.69, 9.17) is 17.3 Å². The molecule has 21 heavy (non-hydrogen) atoms. The van der Waals surface area contributed by atoms with E-state index < -0.39 is 5.82 Å². The predicted molar refractivity (Wildman–Crippen MR) is 79.1 cm³/mol. The third-order valence-electron chi connectivity index (χ3n) is 3.07. The second-order valence-electron chi connectivity index (χ2n) is 4.43. The molecule has 2 aromatic heterocycles. The van der Waals surface area contributed by atoms with E-state index in [1.54, 1.807) is 31.6 Å². The van der Waals surface area contributed by atoms with Crippen LogP contribution in [0.1, 0.15) is 0 Å². The van der Waals surface area contributed by atoms with Gasteiger partial charge in [0.25, 0.3) is 0 Å². The Hall–Kier alpha value is -2.47. The quantitative estimate of drug-likeness (QED) is 0.790. The van der Waals surface area contributed by atoms with E-state index in [2.05, 4.69) is 15.1 Å². The number of hydrogen-bond donors (Lipinski definition) is 1. The lowest BCUT2D eigenvalue weighted by molar-refractivity contribution is 0.628. The molecule has 0 saturated heterocycles. The Kier molecular flexibility index (Phi) is 3.31. The summed E-state index contributed by atoms with van der Waals surface area (Å²) in [5.74, 6) is 0.426. The summed E-state index contributed by atoms with van der Waals surface area (Å²) in [5.41, 5.74) is 7.76. The normalized spacial score (nSPS) is 10.8. The molecule has 0 fully saturated rings. The Balaban J connectivity index is 2.27. The van der Waals surface area contributed by atoms with Gasteiger partial charge < -0.3 is 5.73 Å². The van der Waals surface area contributed by atoms with Gasteiger partial charge in [0.1, 0.15) is 17.3 Å². The Morgan fingerprint density at radius 3 is 2.62 bits per heavy atom. The van der Waals surface area contributed by atoms with Gasteiger partial charge in [-0.15, -0.1) is 0 Å². The monoisotopic (exact) mass is 303 g/mol. The first-order valence-corrected chi connectivity index (χ1v) is 6.51. The van der Waals surface area contributed by atoms with Crippen LogP contribution in [0.3, 0.4) is 0 Å². The van der Waals surface area contributed by atoms with E-state index in [0.717, 1.165) is 0 Å². The first kappa shape index (κ1) is 13.5. The Labute approximate surface area is 125 Å². The molecule has 0 atom stereocenters. The standard InChI is InChI=1S/C14H11ClFN5/c1-21-13(17)11(9-4-3-8(16)7-10(9)15)12(20-21)14-18-5-2-6-19-14/h2-7H,17H2,1H3. The Bertz CT molecular complexity index is 801. The molecule has 5 nitrogen and oxygen atoms in total. The van der Waals surface area contributed by atoms with Crippen LogP contribution in [-0.4, -0.2) is 19.7 Å². The van der Waals surface area contributed by atoms with Crippen molar-refractivity contribution < 1.29 is 4.39 Å². The van der Waals surface area contributed by atoms with Crippen LogP contribution >= 0.6 is 11.6 Å². The Morgan fingerprint density at radius 1 is 1.24 bits per heavy atom. The number of aryl methyl sites for hydroxylation is 1. The molecule has 0 saturated carbocycles. The smallest absolute Gasteiger partial charge is 0.180 e. The number of rotatable bonds is 2. The highest BCUT2D eigenvalue weighted by atomic mass is 35.5. The zero-order chi connectivity index (χ0) is 15.0. The van der Waals surface area contributed by atoms with Crippen LogP contribution in [0.4, 0.5) is 10.2 Å². The number of anilines is 1. The van der Waals surface area contributed by atoms with Crippen LogP contribution in [0, 0.1) is 5.82 Å². The number of benzene rings is 1. The average molecular weight is 304 g/mol. The minimum atomic E-state index is -0.413. The highest BCUT2D eigenvalue weighted by Gasteiger charge is 2.21. The molecule has 2 heterocycles. The fourth-order valence-corrected chi connectivity index (χ4v) is 2.33. The van der Waals surface area contributed by atoms with Crippen LogP contribution in [0.25, 0.3) is 22.6 Å². The topological polar surface area (TPSA) is 69.6 Å². The largest absolute Gasteiger partial charge is 0.383 e. The van der Waals surface area contributed by atoms with E-state index >= 15 is 0 Å². The Morgan fingerprint density at radius 2 is 1.95 bits per heavy atom. The maximum Gasteiger partial charge on any atom is 0.180 e. The molecule has 0 aliphatic carbocycles. The van der Waals surface area contributed by atoms with E-state index in [1.807, 2.05) is 0 Å². The van der Waals surface area contributed by atoms with Crippen molar-refractivity contribution in [1.29, 1.82) is 0 Å². The first-order chi connectivity index (χ1) is 10.1. The summed E-state index contributed by atoms with van der Waals surface area (Å²) < 4.78 is 14.7. The molecule has 0 aliphatic rings. The van der Waals surface area contributed by atoms with Crippen molar-refractivity contribution in [3.8, 4) is 22.6 Å². The van der Waals surface area contributed by atoms with Crippen LogP contribution in [-0.2, 0) is 7.05 Å². The van der Waals surface area contributed by atoms with Gasteiger partial charge in [-0.25, -0.2) is 14.4 Å². The van der Waals surface area contributed by atoms with Crippen LogP contribution in [0.5, 0.6) is 0 Å². The summed E-state index contributed by atoms with van der Waals surface area (Å²) in [6.45, 7) is 0. The van der Waals surface area contributed by atoms with Gasteiger partial charge in [0, 0.05) is 25.0 Å². The summed E-state index contributed by atoms with van der Waals surface area (Å²) in [4.78, 5) is 8.35. The van der Waals surface area contributed by atoms with Gasteiger partial charge in [-0.2, -0.15) is 5.10 Å². The van der Waals surface area contributed by atoms with Crippen molar-refractivity contribution in [1.82, 2.24) is 19.7 Å². The summed E-state index contributed by atoms with van der Waals surface area (Å²) >= 11 is 6.13. The molecule has 0 aliphatic heterocycles. The van der Waals surface area contributed by atoms with Crippen molar-refractivity contribution in [2.24, 2.45) is 7.05 Å². The molecular formula is C14H11ClFN5. The number of hydrogen-bond acceptors (Lipinski definition) is 4. The highest BCUT2D eigenvalue weighted by molar-refractivity contribution is 6.33. The van der Waals surface area contributed by atoms with Gasteiger partial charge in [0.2, 0.25) is 0 Å². The molecule has 0 amide bonds. The van der Waals surface area contributed by atoms with Crippen molar-refractivity contribution in [3.05, 3.63) is 47.5 Å². The summed E-state index contributed by atoms with van der Waals surface area (Å²) in [5, 5.41) is 4.59. The fourth-order valence-electron chi connectivity index (χ4n) is 2.07. The van der Waals surface area contributed by atoms with Crippen molar-refractivity contribution in [2.45, 2.75) is 0 Å². The van der Waals surface area contributed by atoms with Gasteiger partial charge in [0.05, 0.1) is 10.6 Å². The fraction of sp³-hybridized carbons (Fsp3) is 0.0714. The number of nitrogens with two attached hydrogens (primary N) is 1. The predicted octanol–water partition coefficient (Wildman–Crippen LogP) is 2.92. The van der Waals surface area contributed by atoms with E-state index in [-0.39, 0.29) is 5.02 Å². The SMILES string of the molecule is Cn1nc(-c2ncccn2)c(-c2ccc(F)cc2Cl)c1N. The molecule has 0 unspecified atom stereocenters. The van der Waals surface area contributed by atoms with Gasteiger partial charge in [-0.1, -0.05) is 11.6 Å². The molecule has 1 aromatic carbocycles. The lowest BCUT2D eigenvalue weighted by Gasteiger charge is -2.06. The lowest BCUT2D eigenvalue weighted by atomic mass is 10.0. The van der Waals surface area contributed by atoms with Crippen molar-refractivity contribution in [3.63, 3.8) is 0 Å². The van der Waals surface area contributed by atoms with Crippen molar-refractivity contribution in [2.75, 3.05) is 5.73 Å². The van der Waals surface area contributed by atoms with Crippen LogP contribution < -0.4 is 5.73 Å². The number of nitrogens with zero attached hydrogens (tertiary/aromatic N) is 4. The third kappa shape index (κ3) is 2.34. The second kappa shape index (κ2) is 5.14. The lowest BCUT2D eigenvalue weighted by Crippen LogP contribution is -1.98. The second-order valence-corrected chi connectivity index (χ2v) is 4.84. The minimum absolute atomic E-state index is 0.256. The summed E-state index contributed by atoms with van der Waals surface area (Å²) in [6, 6.07) is 5.83. The van der Waals surface area contributed by atoms with Crippen LogP contribution in [0.2, 0.25) is 5.02 Å². The van der Waals surface area contributed by atoms with Gasteiger partial charge >= 0.3 is 0 Å². The maximum atomic E-state index is 13.2. The molecule has 106 valence electrons. The molecule has 7 heteroatoms. The maximum absolute atomic E-state index is 13.2.